The third-order valence-corrected chi connectivity index (χ3v) is 4.81. The Hall–Kier alpha value is -2.34. The number of carbonyl (C=O) groups excluding carboxylic acids is 1. The highest BCUT2D eigenvalue weighted by molar-refractivity contribution is 7.90. The fourth-order valence-corrected chi connectivity index (χ4v) is 3.03. The van der Waals surface area contributed by atoms with Crippen molar-refractivity contribution in [3.05, 3.63) is 65.7 Å². The van der Waals surface area contributed by atoms with Gasteiger partial charge in [-0.25, -0.2) is 8.42 Å². The minimum absolute atomic E-state index is 0.0745. The van der Waals surface area contributed by atoms with Crippen LogP contribution in [0.3, 0.4) is 0 Å². The van der Waals surface area contributed by atoms with Crippen LogP contribution in [0.25, 0.3) is 0 Å². The van der Waals surface area contributed by atoms with E-state index in [2.05, 4.69) is 5.32 Å². The van der Waals surface area contributed by atoms with Gasteiger partial charge >= 0.3 is 0 Å². The number of ether oxygens (including phenoxy) is 1. The molecule has 134 valence electrons. The van der Waals surface area contributed by atoms with Gasteiger partial charge in [-0.15, -0.1) is 0 Å². The molecule has 0 bridgehead atoms. The number of carbonyl (C=O) groups is 1. The Labute approximate surface area is 148 Å². The van der Waals surface area contributed by atoms with Crippen molar-refractivity contribution in [2.75, 3.05) is 25.7 Å². The van der Waals surface area contributed by atoms with E-state index in [1.807, 2.05) is 54.6 Å². The second-order valence-corrected chi connectivity index (χ2v) is 8.20. The smallest absolute Gasteiger partial charge is 0.227 e. The molecule has 0 saturated heterocycles. The van der Waals surface area contributed by atoms with Crippen LogP contribution in [0, 0.1) is 0 Å². The first kappa shape index (κ1) is 19.0. The highest BCUT2D eigenvalue weighted by atomic mass is 32.2. The molecule has 1 N–H and O–H groups in total. The molecule has 6 heteroatoms. The van der Waals surface area contributed by atoms with Gasteiger partial charge in [-0.1, -0.05) is 42.5 Å². The molecule has 1 atom stereocenters. The number of hydrogen-bond acceptors (Lipinski definition) is 4. The maximum atomic E-state index is 12.7. The van der Waals surface area contributed by atoms with Crippen LogP contribution < -0.4 is 10.1 Å². The summed E-state index contributed by atoms with van der Waals surface area (Å²) in [6.07, 6.45) is 1.68. The van der Waals surface area contributed by atoms with Crippen molar-refractivity contribution < 1.29 is 17.9 Å². The maximum absolute atomic E-state index is 12.7. The van der Waals surface area contributed by atoms with Gasteiger partial charge in [0.25, 0.3) is 0 Å². The van der Waals surface area contributed by atoms with Crippen molar-refractivity contribution in [2.45, 2.75) is 12.3 Å². The number of benzene rings is 2. The predicted molar refractivity (Wildman–Crippen MR) is 98.6 cm³/mol. The Morgan fingerprint density at radius 1 is 1.12 bits per heavy atom. The molecule has 25 heavy (non-hydrogen) atoms. The standard InChI is InChI=1S/C19H23NO4S/c1-24-17-10-6-9-16(14-17)18(13-15-7-4-3-5-8-15)19(21)20-11-12-25(2,22)23/h3-10,14,18H,11-13H2,1-2H3,(H,20,21). The SMILES string of the molecule is COc1cccc(C(Cc2ccccc2)C(=O)NCCS(C)(=O)=O)c1. The number of amides is 1. The molecule has 0 aliphatic carbocycles. The van der Waals surface area contributed by atoms with Crippen LogP contribution >= 0.6 is 0 Å². The molecule has 2 aromatic carbocycles. The van der Waals surface area contributed by atoms with Gasteiger partial charge in [0.2, 0.25) is 5.91 Å². The van der Waals surface area contributed by atoms with Crippen LogP contribution in [0.2, 0.25) is 0 Å². The molecule has 0 saturated carbocycles. The summed E-state index contributed by atoms with van der Waals surface area (Å²) in [6.45, 7) is 0.104. The van der Waals surface area contributed by atoms with E-state index in [0.29, 0.717) is 12.2 Å². The molecule has 0 aromatic heterocycles. The lowest BCUT2D eigenvalue weighted by molar-refractivity contribution is -0.122. The number of methoxy groups -OCH3 is 1. The predicted octanol–water partition coefficient (Wildman–Crippen LogP) is 2.18. The van der Waals surface area contributed by atoms with Crippen molar-refractivity contribution in [3.63, 3.8) is 0 Å². The van der Waals surface area contributed by atoms with Gasteiger partial charge in [0.05, 0.1) is 18.8 Å². The van der Waals surface area contributed by atoms with Gasteiger partial charge < -0.3 is 10.1 Å². The molecule has 2 rings (SSSR count). The van der Waals surface area contributed by atoms with Crippen LogP contribution in [0.1, 0.15) is 17.0 Å². The van der Waals surface area contributed by atoms with Gasteiger partial charge in [0.1, 0.15) is 15.6 Å². The molecule has 1 amide bonds. The summed E-state index contributed by atoms with van der Waals surface area (Å²) >= 11 is 0. The van der Waals surface area contributed by atoms with Crippen LogP contribution in [0.15, 0.2) is 54.6 Å². The first-order valence-corrected chi connectivity index (χ1v) is 10.1. The zero-order valence-corrected chi connectivity index (χ0v) is 15.3. The van der Waals surface area contributed by atoms with Gasteiger partial charge in [-0.05, 0) is 29.7 Å². The minimum atomic E-state index is -3.11. The molecule has 5 nitrogen and oxygen atoms in total. The molecule has 0 aliphatic heterocycles. The van der Waals surface area contributed by atoms with Gasteiger partial charge in [0.15, 0.2) is 0 Å². The lowest BCUT2D eigenvalue weighted by atomic mass is 9.91. The normalized spacial score (nSPS) is 12.4. The van der Waals surface area contributed by atoms with Crippen LogP contribution in [-0.4, -0.2) is 40.0 Å². The fourth-order valence-electron chi connectivity index (χ4n) is 2.55. The molecule has 2 aromatic rings. The van der Waals surface area contributed by atoms with Gasteiger partial charge in [-0.3, -0.25) is 4.79 Å². The molecular formula is C19H23NO4S. The molecular weight excluding hydrogens is 338 g/mol. The number of nitrogens with one attached hydrogen (secondary N) is 1. The van der Waals surface area contributed by atoms with E-state index in [-0.39, 0.29) is 18.2 Å². The molecule has 0 heterocycles. The summed E-state index contributed by atoms with van der Waals surface area (Å²) in [5.74, 6) is -0.00754. The molecule has 1 unspecified atom stereocenters. The monoisotopic (exact) mass is 361 g/mol. The van der Waals surface area contributed by atoms with Crippen molar-refractivity contribution in [3.8, 4) is 5.75 Å². The summed E-state index contributed by atoms with van der Waals surface area (Å²) in [6, 6.07) is 17.1. The summed E-state index contributed by atoms with van der Waals surface area (Å²) in [7, 11) is -1.53. The lowest BCUT2D eigenvalue weighted by Gasteiger charge is -2.18. The number of hydrogen-bond donors (Lipinski definition) is 1. The fraction of sp³-hybridized carbons (Fsp3) is 0.316. The summed E-state index contributed by atoms with van der Waals surface area (Å²) in [4.78, 5) is 12.7. The third kappa shape index (κ3) is 6.23. The van der Waals surface area contributed by atoms with E-state index in [1.54, 1.807) is 7.11 Å². The molecule has 0 spiro atoms. The maximum Gasteiger partial charge on any atom is 0.227 e. The average molecular weight is 361 g/mol. The van der Waals surface area contributed by atoms with E-state index in [9.17, 15) is 13.2 Å². The molecule has 0 fully saturated rings. The van der Waals surface area contributed by atoms with E-state index in [1.165, 1.54) is 0 Å². The van der Waals surface area contributed by atoms with Crippen molar-refractivity contribution in [2.24, 2.45) is 0 Å². The van der Waals surface area contributed by atoms with Crippen molar-refractivity contribution in [1.29, 1.82) is 0 Å². The van der Waals surface area contributed by atoms with E-state index >= 15 is 0 Å². The van der Waals surface area contributed by atoms with Crippen LogP contribution in [0.4, 0.5) is 0 Å². The van der Waals surface area contributed by atoms with E-state index < -0.39 is 15.8 Å². The molecule has 0 radical (unpaired) electrons. The highest BCUT2D eigenvalue weighted by Crippen LogP contribution is 2.25. The Morgan fingerprint density at radius 2 is 1.84 bits per heavy atom. The topological polar surface area (TPSA) is 72.5 Å². The average Bonchev–Trinajstić information content (AvgIpc) is 2.59. The lowest BCUT2D eigenvalue weighted by Crippen LogP contribution is -2.34. The molecule has 0 aliphatic rings. The zero-order valence-electron chi connectivity index (χ0n) is 14.4. The van der Waals surface area contributed by atoms with Crippen LogP contribution in [-0.2, 0) is 21.1 Å². The third-order valence-electron chi connectivity index (χ3n) is 3.87. The summed E-state index contributed by atoms with van der Waals surface area (Å²) in [5.41, 5.74) is 1.87. The Kier molecular flexibility index (Phi) is 6.58. The van der Waals surface area contributed by atoms with E-state index in [4.69, 9.17) is 4.74 Å². The van der Waals surface area contributed by atoms with Crippen LogP contribution in [0.5, 0.6) is 5.75 Å². The Bertz CT molecular complexity index is 803. The summed E-state index contributed by atoms with van der Waals surface area (Å²) < 4.78 is 27.8. The first-order valence-electron chi connectivity index (χ1n) is 8.02. The quantitative estimate of drug-likeness (QED) is 0.782. The zero-order chi connectivity index (χ0) is 18.3. The number of sulfone groups is 1. The second kappa shape index (κ2) is 8.67. The largest absolute Gasteiger partial charge is 0.497 e. The second-order valence-electron chi connectivity index (χ2n) is 5.94. The summed E-state index contributed by atoms with van der Waals surface area (Å²) in [5, 5.41) is 2.74. The number of rotatable bonds is 8. The highest BCUT2D eigenvalue weighted by Gasteiger charge is 2.21. The minimum Gasteiger partial charge on any atom is -0.497 e. The Balaban J connectivity index is 2.20. The first-order chi connectivity index (χ1) is 11.9. The van der Waals surface area contributed by atoms with Crippen molar-refractivity contribution in [1.82, 2.24) is 5.32 Å². The van der Waals surface area contributed by atoms with Gasteiger partial charge in [-0.2, -0.15) is 0 Å². The van der Waals surface area contributed by atoms with Crippen molar-refractivity contribution >= 4 is 15.7 Å². The Morgan fingerprint density at radius 3 is 2.48 bits per heavy atom. The van der Waals surface area contributed by atoms with E-state index in [0.717, 1.165) is 17.4 Å². The van der Waals surface area contributed by atoms with Gasteiger partial charge in [0, 0.05) is 12.8 Å².